The number of phenolic OH excluding ortho intramolecular Hbond substituents is 2. The number of phenols is 2. The molecule has 5 heteroatoms. The third kappa shape index (κ3) is 4.36. The normalized spacial score (nSPS) is 10.3. The predicted molar refractivity (Wildman–Crippen MR) is 82.2 cm³/mol. The SMILES string of the molecule is O=C(CSCC(=O)c1ccc(O)cc1)c1ccc(O)cc1. The van der Waals surface area contributed by atoms with Crippen LogP contribution in [-0.4, -0.2) is 33.3 Å². The Labute approximate surface area is 126 Å². The average molecular weight is 302 g/mol. The van der Waals surface area contributed by atoms with E-state index in [1.165, 1.54) is 36.0 Å². The molecule has 0 spiro atoms. The minimum Gasteiger partial charge on any atom is -0.508 e. The van der Waals surface area contributed by atoms with E-state index < -0.39 is 0 Å². The Morgan fingerprint density at radius 3 is 1.38 bits per heavy atom. The minimum atomic E-state index is -0.0847. The van der Waals surface area contributed by atoms with Crippen molar-refractivity contribution in [3.05, 3.63) is 59.7 Å². The number of aromatic hydroxyl groups is 2. The molecule has 0 saturated carbocycles. The lowest BCUT2D eigenvalue weighted by atomic mass is 10.1. The summed E-state index contributed by atoms with van der Waals surface area (Å²) >= 11 is 1.24. The van der Waals surface area contributed by atoms with Gasteiger partial charge in [-0.15, -0.1) is 11.8 Å². The molecule has 0 bridgehead atoms. The lowest BCUT2D eigenvalue weighted by molar-refractivity contribution is 0.102. The summed E-state index contributed by atoms with van der Waals surface area (Å²) < 4.78 is 0. The summed E-state index contributed by atoms with van der Waals surface area (Å²) in [5.74, 6) is 0.462. The number of benzene rings is 2. The van der Waals surface area contributed by atoms with Gasteiger partial charge in [-0.05, 0) is 48.5 Å². The molecule has 0 fully saturated rings. The number of rotatable bonds is 6. The van der Waals surface area contributed by atoms with E-state index in [0.717, 1.165) is 0 Å². The lowest BCUT2D eigenvalue weighted by Crippen LogP contribution is -2.07. The van der Waals surface area contributed by atoms with Crippen LogP contribution >= 0.6 is 11.8 Å². The Bertz CT molecular complexity index is 575. The molecule has 21 heavy (non-hydrogen) atoms. The van der Waals surface area contributed by atoms with Crippen molar-refractivity contribution in [1.29, 1.82) is 0 Å². The zero-order valence-electron chi connectivity index (χ0n) is 11.2. The van der Waals surface area contributed by atoms with Gasteiger partial charge in [-0.3, -0.25) is 9.59 Å². The summed E-state index contributed by atoms with van der Waals surface area (Å²) in [6.07, 6.45) is 0. The van der Waals surface area contributed by atoms with E-state index >= 15 is 0 Å². The summed E-state index contributed by atoms with van der Waals surface area (Å²) in [5.41, 5.74) is 1.02. The Hall–Kier alpha value is -2.27. The van der Waals surface area contributed by atoms with Crippen molar-refractivity contribution < 1.29 is 19.8 Å². The van der Waals surface area contributed by atoms with E-state index in [4.69, 9.17) is 10.2 Å². The fraction of sp³-hybridized carbons (Fsp3) is 0.125. The van der Waals surface area contributed by atoms with Crippen molar-refractivity contribution in [2.24, 2.45) is 0 Å². The van der Waals surface area contributed by atoms with Crippen LogP contribution in [0.3, 0.4) is 0 Å². The van der Waals surface area contributed by atoms with Crippen LogP contribution in [0.1, 0.15) is 20.7 Å². The summed E-state index contributed by atoms with van der Waals surface area (Å²) in [4.78, 5) is 23.7. The van der Waals surface area contributed by atoms with Gasteiger partial charge >= 0.3 is 0 Å². The minimum absolute atomic E-state index is 0.0847. The Kier molecular flexibility index (Phi) is 5.00. The molecule has 0 saturated heterocycles. The van der Waals surface area contributed by atoms with Crippen LogP contribution in [0.25, 0.3) is 0 Å². The number of thioether (sulfide) groups is 1. The van der Waals surface area contributed by atoms with Gasteiger partial charge in [0.05, 0.1) is 11.5 Å². The molecule has 0 amide bonds. The van der Waals surface area contributed by atoms with Gasteiger partial charge in [0, 0.05) is 11.1 Å². The van der Waals surface area contributed by atoms with E-state index in [-0.39, 0.29) is 34.6 Å². The quantitative estimate of drug-likeness (QED) is 0.803. The summed E-state index contributed by atoms with van der Waals surface area (Å²) in [6.45, 7) is 0. The molecule has 2 N–H and O–H groups in total. The molecular weight excluding hydrogens is 288 g/mol. The van der Waals surface area contributed by atoms with Crippen LogP contribution in [-0.2, 0) is 0 Å². The van der Waals surface area contributed by atoms with Crippen molar-refractivity contribution in [1.82, 2.24) is 0 Å². The maximum absolute atomic E-state index is 11.9. The highest BCUT2D eigenvalue weighted by Gasteiger charge is 2.09. The predicted octanol–water partition coefficient (Wildman–Crippen LogP) is 2.90. The average Bonchev–Trinajstić information content (AvgIpc) is 2.48. The monoisotopic (exact) mass is 302 g/mol. The number of hydrogen-bond acceptors (Lipinski definition) is 5. The molecule has 108 valence electrons. The van der Waals surface area contributed by atoms with Crippen LogP contribution in [0.4, 0.5) is 0 Å². The maximum Gasteiger partial charge on any atom is 0.172 e. The molecule has 0 aliphatic rings. The molecule has 0 radical (unpaired) electrons. The summed E-state index contributed by atoms with van der Waals surface area (Å²) in [6, 6.07) is 12.1. The molecule has 0 aliphatic carbocycles. The van der Waals surface area contributed by atoms with Gasteiger partial charge < -0.3 is 10.2 Å². The van der Waals surface area contributed by atoms with E-state index in [2.05, 4.69) is 0 Å². The smallest absolute Gasteiger partial charge is 0.172 e. The molecule has 0 atom stereocenters. The summed E-state index contributed by atoms with van der Waals surface area (Å²) in [7, 11) is 0. The largest absolute Gasteiger partial charge is 0.508 e. The first-order valence-corrected chi connectivity index (χ1v) is 7.44. The highest BCUT2D eigenvalue weighted by Crippen LogP contribution is 2.15. The van der Waals surface area contributed by atoms with E-state index in [9.17, 15) is 9.59 Å². The molecule has 0 aliphatic heterocycles. The van der Waals surface area contributed by atoms with Gasteiger partial charge in [0.2, 0.25) is 0 Å². The van der Waals surface area contributed by atoms with Crippen LogP contribution in [0.15, 0.2) is 48.5 Å². The Balaban J connectivity index is 1.83. The molecule has 0 heterocycles. The molecule has 2 aromatic carbocycles. The number of ketones is 2. The van der Waals surface area contributed by atoms with Crippen molar-refractivity contribution in [3.63, 3.8) is 0 Å². The first-order chi connectivity index (χ1) is 10.1. The second kappa shape index (κ2) is 6.95. The van der Waals surface area contributed by atoms with Crippen LogP contribution in [0.2, 0.25) is 0 Å². The van der Waals surface area contributed by atoms with Crippen LogP contribution in [0.5, 0.6) is 11.5 Å². The number of carbonyl (C=O) groups excluding carboxylic acids is 2. The second-order valence-corrected chi connectivity index (χ2v) is 5.42. The van der Waals surface area contributed by atoms with Crippen molar-refractivity contribution in [3.8, 4) is 11.5 Å². The van der Waals surface area contributed by atoms with E-state index in [1.54, 1.807) is 24.3 Å². The standard InChI is InChI=1S/C16H14O4S/c17-13-5-1-11(2-6-13)15(19)9-21-10-16(20)12-3-7-14(18)8-4-12/h1-8,17-18H,9-10H2. The van der Waals surface area contributed by atoms with E-state index in [0.29, 0.717) is 11.1 Å². The number of hydrogen-bond donors (Lipinski definition) is 2. The summed E-state index contributed by atoms with van der Waals surface area (Å²) in [5, 5.41) is 18.3. The molecule has 0 unspecified atom stereocenters. The van der Waals surface area contributed by atoms with Crippen LogP contribution < -0.4 is 0 Å². The molecule has 2 rings (SSSR count). The third-order valence-electron chi connectivity index (χ3n) is 2.84. The first-order valence-electron chi connectivity index (χ1n) is 6.28. The van der Waals surface area contributed by atoms with Gasteiger partial charge in [0.15, 0.2) is 11.6 Å². The third-order valence-corrected chi connectivity index (χ3v) is 3.78. The lowest BCUT2D eigenvalue weighted by Gasteiger charge is -2.02. The fourth-order valence-electron chi connectivity index (χ4n) is 1.70. The number of Topliss-reactive ketones (excluding diaryl/α,β-unsaturated/α-hetero) is 2. The molecule has 0 aromatic heterocycles. The van der Waals surface area contributed by atoms with E-state index in [1.807, 2.05) is 0 Å². The highest BCUT2D eigenvalue weighted by molar-refractivity contribution is 8.00. The van der Waals surface area contributed by atoms with Crippen molar-refractivity contribution in [2.75, 3.05) is 11.5 Å². The number of carbonyl (C=O) groups is 2. The fourth-order valence-corrected chi connectivity index (χ4v) is 2.50. The molecular formula is C16H14O4S. The topological polar surface area (TPSA) is 74.6 Å². The molecule has 4 nitrogen and oxygen atoms in total. The van der Waals surface area contributed by atoms with Gasteiger partial charge in [-0.2, -0.15) is 0 Å². The maximum atomic E-state index is 11.9. The Morgan fingerprint density at radius 1 is 0.714 bits per heavy atom. The van der Waals surface area contributed by atoms with Crippen molar-refractivity contribution >= 4 is 23.3 Å². The Morgan fingerprint density at radius 2 is 1.05 bits per heavy atom. The first kappa shape index (κ1) is 15.1. The highest BCUT2D eigenvalue weighted by atomic mass is 32.2. The zero-order chi connectivity index (χ0) is 15.2. The van der Waals surface area contributed by atoms with Crippen molar-refractivity contribution in [2.45, 2.75) is 0 Å². The van der Waals surface area contributed by atoms with Gasteiger partial charge in [0.25, 0.3) is 0 Å². The molecule has 2 aromatic rings. The van der Waals surface area contributed by atoms with Crippen LogP contribution in [0, 0.1) is 0 Å². The zero-order valence-corrected chi connectivity index (χ0v) is 12.0. The van der Waals surface area contributed by atoms with Gasteiger partial charge in [-0.1, -0.05) is 0 Å². The second-order valence-electron chi connectivity index (χ2n) is 4.43. The van der Waals surface area contributed by atoms with Gasteiger partial charge in [0.1, 0.15) is 11.5 Å². The van der Waals surface area contributed by atoms with Gasteiger partial charge in [-0.25, -0.2) is 0 Å².